The molecular weight excluding hydrogens is 632 g/mol. The van der Waals surface area contributed by atoms with Gasteiger partial charge in [0.1, 0.15) is 5.75 Å². The molecule has 0 radical (unpaired) electrons. The third-order valence-electron chi connectivity index (χ3n) is 6.85. The van der Waals surface area contributed by atoms with Crippen LogP contribution in [0.2, 0.25) is 5.15 Å². The molecule has 1 aliphatic carbocycles. The summed E-state index contributed by atoms with van der Waals surface area (Å²) in [6.45, 7) is 2.24. The van der Waals surface area contributed by atoms with Crippen molar-refractivity contribution in [3.8, 4) is 27.7 Å². The van der Waals surface area contributed by atoms with Gasteiger partial charge in [-0.25, -0.2) is 35.9 Å². The molecule has 17 heteroatoms. The standard InChI is InChI=1S/C25H28ClF2N7O4S3/c1-25(7-8-25)33-42(37,38)15-11-17(16-6-5-14(12-18(16)39-4)41(29,36)10-9-34(2)3)19-20(26)30-22(35(19)13-15)24-32-31-23(40-24)21(27)28/h5-6,11-13,21,29,33H,7-10H2,1-4H3. The number of imidazole rings is 1. The second-order valence-corrected chi connectivity index (χ2v) is 15.8. The molecule has 1 unspecified atom stereocenters. The number of benzene rings is 1. The first-order chi connectivity index (χ1) is 19.6. The Hall–Kier alpha value is -2.76. The predicted octanol–water partition coefficient (Wildman–Crippen LogP) is 4.92. The van der Waals surface area contributed by atoms with Gasteiger partial charge in [0.2, 0.25) is 10.0 Å². The van der Waals surface area contributed by atoms with Gasteiger partial charge in [0.25, 0.3) is 6.43 Å². The van der Waals surface area contributed by atoms with E-state index >= 15 is 0 Å². The summed E-state index contributed by atoms with van der Waals surface area (Å²) in [6.07, 6.45) is -0.176. The highest BCUT2D eigenvalue weighted by Crippen LogP contribution is 2.42. The summed E-state index contributed by atoms with van der Waals surface area (Å²) in [6, 6.07) is 6.04. The molecule has 1 atom stereocenters. The van der Waals surface area contributed by atoms with Crippen molar-refractivity contribution in [2.24, 2.45) is 0 Å². The highest BCUT2D eigenvalue weighted by Gasteiger charge is 2.41. The second kappa shape index (κ2) is 11.1. The third-order valence-corrected chi connectivity index (χ3v) is 11.4. The zero-order valence-corrected chi connectivity index (χ0v) is 26.2. The number of pyridine rings is 1. The van der Waals surface area contributed by atoms with E-state index in [1.807, 2.05) is 19.0 Å². The van der Waals surface area contributed by atoms with E-state index in [1.54, 1.807) is 13.0 Å². The Balaban J connectivity index is 1.73. The summed E-state index contributed by atoms with van der Waals surface area (Å²) < 4.78 is 85.0. The number of hydrogen-bond acceptors (Lipinski definition) is 10. The van der Waals surface area contributed by atoms with Crippen LogP contribution in [0.5, 0.6) is 5.75 Å². The highest BCUT2D eigenvalue weighted by atomic mass is 35.5. The van der Waals surface area contributed by atoms with Gasteiger partial charge in [-0.15, -0.1) is 10.2 Å². The number of ether oxygens (including phenoxy) is 1. The number of fused-ring (bicyclic) bond motifs is 1. The fourth-order valence-corrected chi connectivity index (χ4v) is 8.15. The largest absolute Gasteiger partial charge is 0.496 e. The number of nitrogens with one attached hydrogen (secondary N) is 2. The van der Waals surface area contributed by atoms with Gasteiger partial charge >= 0.3 is 0 Å². The Kier molecular flexibility index (Phi) is 8.08. The minimum absolute atomic E-state index is 0.0203. The third kappa shape index (κ3) is 6.01. The molecule has 3 heterocycles. The lowest BCUT2D eigenvalue weighted by atomic mass is 10.0. The number of methoxy groups -OCH3 is 1. The smallest absolute Gasteiger partial charge is 0.291 e. The molecule has 226 valence electrons. The summed E-state index contributed by atoms with van der Waals surface area (Å²) in [5.41, 5.74) is 0.383. The number of halogens is 3. The highest BCUT2D eigenvalue weighted by molar-refractivity contribution is 7.92. The maximum atomic E-state index is 13.5. The van der Waals surface area contributed by atoms with Crippen LogP contribution in [0.25, 0.3) is 27.5 Å². The number of alkyl halides is 2. The van der Waals surface area contributed by atoms with Crippen molar-refractivity contribution in [3.05, 3.63) is 40.6 Å². The molecule has 3 aromatic heterocycles. The van der Waals surface area contributed by atoms with Crippen molar-refractivity contribution in [2.75, 3.05) is 33.5 Å². The Bertz CT molecular complexity index is 1890. The summed E-state index contributed by atoms with van der Waals surface area (Å²) in [5.74, 6) is 0.361. The molecule has 0 saturated heterocycles. The van der Waals surface area contributed by atoms with Crippen LogP contribution in [-0.4, -0.2) is 76.2 Å². The Morgan fingerprint density at radius 2 is 1.90 bits per heavy atom. The van der Waals surface area contributed by atoms with Crippen LogP contribution in [0.3, 0.4) is 0 Å². The summed E-state index contributed by atoms with van der Waals surface area (Å²) in [4.78, 5) is 6.29. The van der Waals surface area contributed by atoms with Crippen LogP contribution in [0, 0.1) is 4.78 Å². The van der Waals surface area contributed by atoms with Gasteiger partial charge in [0, 0.05) is 35.2 Å². The SMILES string of the molecule is COc1cc(S(=N)(=O)CCN(C)C)ccc1-c1cc(S(=O)(=O)NC2(C)CC2)cn2c(-c3nnc(C(F)F)s3)nc(Cl)c12. The molecule has 42 heavy (non-hydrogen) atoms. The zero-order chi connectivity index (χ0) is 30.6. The Morgan fingerprint density at radius 3 is 2.50 bits per heavy atom. The van der Waals surface area contributed by atoms with E-state index < -0.39 is 36.7 Å². The van der Waals surface area contributed by atoms with E-state index in [4.69, 9.17) is 21.1 Å². The second-order valence-electron chi connectivity index (χ2n) is 10.5. The van der Waals surface area contributed by atoms with Gasteiger partial charge in [-0.3, -0.25) is 4.40 Å². The van der Waals surface area contributed by atoms with Crippen molar-refractivity contribution in [2.45, 2.75) is 41.5 Å². The van der Waals surface area contributed by atoms with E-state index in [9.17, 15) is 21.4 Å². The molecule has 0 aliphatic heterocycles. The normalized spacial score (nSPS) is 16.3. The number of rotatable bonds is 11. The van der Waals surface area contributed by atoms with E-state index in [0.29, 0.717) is 41.9 Å². The molecule has 4 aromatic rings. The maximum Gasteiger partial charge on any atom is 0.291 e. The number of nitrogens with zero attached hydrogens (tertiary/aromatic N) is 5. The predicted molar refractivity (Wildman–Crippen MR) is 157 cm³/mol. The van der Waals surface area contributed by atoms with Crippen LogP contribution < -0.4 is 9.46 Å². The van der Waals surface area contributed by atoms with Gasteiger partial charge in [-0.2, -0.15) is 0 Å². The van der Waals surface area contributed by atoms with Crippen LogP contribution in [0.15, 0.2) is 40.3 Å². The molecule has 1 aromatic carbocycles. The summed E-state index contributed by atoms with van der Waals surface area (Å²) >= 11 is 7.21. The number of hydrogen-bond donors (Lipinski definition) is 2. The quantitative estimate of drug-likeness (QED) is 0.231. The molecule has 1 aliphatic rings. The molecular formula is C25H28ClF2N7O4S3. The first-order valence-corrected chi connectivity index (χ1v) is 17.0. The molecule has 1 fully saturated rings. The average molecular weight is 660 g/mol. The van der Waals surface area contributed by atoms with E-state index in [0.717, 1.165) is 0 Å². The lowest BCUT2D eigenvalue weighted by molar-refractivity contribution is 0.150. The molecule has 0 spiro atoms. The zero-order valence-electron chi connectivity index (χ0n) is 23.0. The van der Waals surface area contributed by atoms with Crippen molar-refractivity contribution in [1.82, 2.24) is 29.2 Å². The topological polar surface area (TPSA) is 143 Å². The van der Waals surface area contributed by atoms with Gasteiger partial charge in [-0.05, 0) is 58.1 Å². The lowest BCUT2D eigenvalue weighted by Gasteiger charge is -2.17. The number of sulfonamides is 1. The van der Waals surface area contributed by atoms with Crippen molar-refractivity contribution >= 4 is 48.2 Å². The molecule has 11 nitrogen and oxygen atoms in total. The van der Waals surface area contributed by atoms with E-state index in [2.05, 4.69) is 19.9 Å². The van der Waals surface area contributed by atoms with E-state index in [1.165, 1.54) is 35.9 Å². The molecule has 2 N–H and O–H groups in total. The fourth-order valence-electron chi connectivity index (χ4n) is 4.26. The fraction of sp³-hybridized carbons (Fsp3) is 0.400. The van der Waals surface area contributed by atoms with Crippen LogP contribution in [-0.2, 0) is 19.8 Å². The van der Waals surface area contributed by atoms with Gasteiger partial charge < -0.3 is 9.64 Å². The van der Waals surface area contributed by atoms with Crippen LogP contribution >= 0.6 is 22.9 Å². The minimum atomic E-state index is -4.06. The minimum Gasteiger partial charge on any atom is -0.496 e. The van der Waals surface area contributed by atoms with E-state index in [-0.39, 0.29) is 42.8 Å². The maximum absolute atomic E-state index is 13.5. The van der Waals surface area contributed by atoms with Crippen LogP contribution in [0.4, 0.5) is 8.78 Å². The lowest BCUT2D eigenvalue weighted by Crippen LogP contribution is -2.34. The molecule has 0 bridgehead atoms. The Labute approximate surface area is 250 Å². The first-order valence-electron chi connectivity index (χ1n) is 12.6. The molecule has 5 rings (SSSR count). The molecule has 0 amide bonds. The number of aromatic nitrogens is 4. The summed E-state index contributed by atoms with van der Waals surface area (Å²) in [7, 11) is -2.18. The van der Waals surface area contributed by atoms with Crippen molar-refractivity contribution < 1.29 is 26.1 Å². The molecule has 1 saturated carbocycles. The van der Waals surface area contributed by atoms with Gasteiger partial charge in [0.05, 0.1) is 32.1 Å². The van der Waals surface area contributed by atoms with Gasteiger partial charge in [0.15, 0.2) is 21.0 Å². The summed E-state index contributed by atoms with van der Waals surface area (Å²) in [5, 5.41) is 6.83. The monoisotopic (exact) mass is 659 g/mol. The van der Waals surface area contributed by atoms with Gasteiger partial charge in [-0.1, -0.05) is 22.9 Å². The van der Waals surface area contributed by atoms with Crippen molar-refractivity contribution in [3.63, 3.8) is 0 Å². The first kappa shape index (κ1) is 30.7. The average Bonchev–Trinajstić information content (AvgIpc) is 3.30. The Morgan fingerprint density at radius 1 is 1.19 bits per heavy atom. The van der Waals surface area contributed by atoms with Crippen LogP contribution in [0.1, 0.15) is 31.2 Å². The van der Waals surface area contributed by atoms with Crippen molar-refractivity contribution in [1.29, 1.82) is 4.78 Å².